The zero-order valence-electron chi connectivity index (χ0n) is 14.5. The van der Waals surface area contributed by atoms with Crippen LogP contribution in [0.25, 0.3) is 11.3 Å². The van der Waals surface area contributed by atoms with Gasteiger partial charge in [-0.3, -0.25) is 0 Å². The second kappa shape index (κ2) is 8.11. The van der Waals surface area contributed by atoms with Crippen LogP contribution in [-0.4, -0.2) is 43.3 Å². The number of rotatable bonds is 6. The molecular formula is C19H26N4O. The van der Waals surface area contributed by atoms with E-state index >= 15 is 0 Å². The maximum absolute atomic E-state index is 5.11. The van der Waals surface area contributed by atoms with Gasteiger partial charge in [0.2, 0.25) is 5.95 Å². The molecule has 0 saturated carbocycles. The molecular weight excluding hydrogens is 300 g/mol. The highest BCUT2D eigenvalue weighted by Crippen LogP contribution is 2.26. The van der Waals surface area contributed by atoms with Gasteiger partial charge in [0, 0.05) is 38.4 Å². The van der Waals surface area contributed by atoms with Crippen LogP contribution in [0.15, 0.2) is 36.4 Å². The van der Waals surface area contributed by atoms with E-state index in [4.69, 9.17) is 9.72 Å². The lowest BCUT2D eigenvalue weighted by atomic mass is 10.0. The smallest absolute Gasteiger partial charge is 0.225 e. The Morgan fingerprint density at radius 3 is 2.83 bits per heavy atom. The van der Waals surface area contributed by atoms with E-state index in [-0.39, 0.29) is 0 Å². The lowest BCUT2D eigenvalue weighted by molar-refractivity contribution is 0.210. The monoisotopic (exact) mass is 326 g/mol. The Morgan fingerprint density at radius 2 is 2.08 bits per heavy atom. The van der Waals surface area contributed by atoms with Crippen molar-refractivity contribution >= 4 is 11.8 Å². The number of nitrogens with zero attached hydrogens (tertiary/aromatic N) is 3. The minimum Gasteiger partial charge on any atom is -0.383 e. The third kappa shape index (κ3) is 4.23. The zero-order chi connectivity index (χ0) is 16.8. The Morgan fingerprint density at radius 1 is 1.25 bits per heavy atom. The highest BCUT2D eigenvalue weighted by atomic mass is 16.5. The Balaban J connectivity index is 1.90. The van der Waals surface area contributed by atoms with Crippen LogP contribution in [0.4, 0.5) is 11.8 Å². The van der Waals surface area contributed by atoms with Crippen molar-refractivity contribution in [2.75, 3.05) is 43.6 Å². The molecule has 2 aromatic rings. The Bertz CT molecular complexity index is 647. The topological polar surface area (TPSA) is 50.3 Å². The summed E-state index contributed by atoms with van der Waals surface area (Å²) in [4.78, 5) is 11.8. The molecule has 1 saturated heterocycles. The average Bonchev–Trinajstić information content (AvgIpc) is 2.62. The molecule has 5 nitrogen and oxygen atoms in total. The van der Waals surface area contributed by atoms with E-state index in [1.54, 1.807) is 7.11 Å². The number of benzene rings is 1. The zero-order valence-corrected chi connectivity index (χ0v) is 14.5. The van der Waals surface area contributed by atoms with Gasteiger partial charge in [-0.05, 0) is 18.8 Å². The van der Waals surface area contributed by atoms with Gasteiger partial charge in [0.1, 0.15) is 5.82 Å². The van der Waals surface area contributed by atoms with Crippen LogP contribution in [0.1, 0.15) is 19.8 Å². The van der Waals surface area contributed by atoms with Crippen LogP contribution in [0, 0.1) is 5.92 Å². The maximum atomic E-state index is 5.11. The molecule has 1 aromatic heterocycles. The van der Waals surface area contributed by atoms with Crippen molar-refractivity contribution in [2.24, 2.45) is 5.92 Å². The van der Waals surface area contributed by atoms with Crippen molar-refractivity contribution in [3.8, 4) is 11.3 Å². The summed E-state index contributed by atoms with van der Waals surface area (Å²) >= 11 is 0. The third-order valence-electron chi connectivity index (χ3n) is 4.35. The van der Waals surface area contributed by atoms with Gasteiger partial charge in [-0.2, -0.15) is 4.98 Å². The molecule has 1 fully saturated rings. The summed E-state index contributed by atoms with van der Waals surface area (Å²) in [5.74, 6) is 2.38. The van der Waals surface area contributed by atoms with Crippen molar-refractivity contribution < 1.29 is 4.74 Å². The standard InChI is InChI=1S/C19H26N4O/c1-15-7-6-11-23(14-15)18-13-17(16-8-4-3-5-9-16)21-19(22-18)20-10-12-24-2/h3-5,8-9,13,15H,6-7,10-12,14H2,1-2H3,(H,20,21,22). The lowest BCUT2D eigenvalue weighted by Crippen LogP contribution is -2.35. The van der Waals surface area contributed by atoms with Crippen LogP contribution < -0.4 is 10.2 Å². The number of aromatic nitrogens is 2. The molecule has 1 aliphatic rings. The highest BCUT2D eigenvalue weighted by Gasteiger charge is 2.19. The van der Waals surface area contributed by atoms with Crippen LogP contribution in [-0.2, 0) is 4.74 Å². The quantitative estimate of drug-likeness (QED) is 0.824. The number of hydrogen-bond acceptors (Lipinski definition) is 5. The van der Waals surface area contributed by atoms with Crippen LogP contribution in [0.3, 0.4) is 0 Å². The number of nitrogens with one attached hydrogen (secondary N) is 1. The van der Waals surface area contributed by atoms with E-state index in [1.807, 2.05) is 18.2 Å². The number of anilines is 2. The number of hydrogen-bond donors (Lipinski definition) is 1. The fourth-order valence-corrected chi connectivity index (χ4v) is 3.09. The second-order valence-corrected chi connectivity index (χ2v) is 6.41. The highest BCUT2D eigenvalue weighted by molar-refractivity contribution is 5.64. The summed E-state index contributed by atoms with van der Waals surface area (Å²) < 4.78 is 5.11. The molecule has 0 amide bonds. The van der Waals surface area contributed by atoms with Gasteiger partial charge >= 0.3 is 0 Å². The van der Waals surface area contributed by atoms with Gasteiger partial charge in [0.25, 0.3) is 0 Å². The Labute approximate surface area is 144 Å². The van der Waals surface area contributed by atoms with Crippen molar-refractivity contribution in [2.45, 2.75) is 19.8 Å². The average molecular weight is 326 g/mol. The summed E-state index contributed by atoms with van der Waals surface area (Å²) in [6, 6.07) is 12.4. The SMILES string of the molecule is COCCNc1nc(-c2ccccc2)cc(N2CCCC(C)C2)n1. The maximum Gasteiger partial charge on any atom is 0.225 e. The first-order valence-corrected chi connectivity index (χ1v) is 8.68. The largest absolute Gasteiger partial charge is 0.383 e. The van der Waals surface area contributed by atoms with Gasteiger partial charge in [-0.1, -0.05) is 37.3 Å². The molecule has 1 atom stereocenters. The molecule has 1 aromatic carbocycles. The van der Waals surface area contributed by atoms with Crippen LogP contribution in [0.2, 0.25) is 0 Å². The van der Waals surface area contributed by atoms with Gasteiger partial charge in [-0.15, -0.1) is 0 Å². The van der Waals surface area contributed by atoms with E-state index in [9.17, 15) is 0 Å². The van der Waals surface area contributed by atoms with Gasteiger partial charge in [0.05, 0.1) is 12.3 Å². The molecule has 24 heavy (non-hydrogen) atoms. The van der Waals surface area contributed by atoms with Gasteiger partial charge in [-0.25, -0.2) is 4.98 Å². The number of ether oxygens (including phenoxy) is 1. The van der Waals surface area contributed by atoms with Gasteiger partial charge in [0.15, 0.2) is 0 Å². The first kappa shape index (κ1) is 16.7. The van der Waals surface area contributed by atoms with E-state index in [2.05, 4.69) is 40.3 Å². The van der Waals surface area contributed by atoms with Crippen molar-refractivity contribution in [1.82, 2.24) is 9.97 Å². The molecule has 128 valence electrons. The molecule has 1 unspecified atom stereocenters. The summed E-state index contributed by atoms with van der Waals surface area (Å²) in [6.45, 7) is 5.76. The van der Waals surface area contributed by atoms with Crippen LogP contribution in [0.5, 0.6) is 0 Å². The number of methoxy groups -OCH3 is 1. The third-order valence-corrected chi connectivity index (χ3v) is 4.35. The Kier molecular flexibility index (Phi) is 5.64. The predicted molar refractivity (Wildman–Crippen MR) is 98.4 cm³/mol. The molecule has 2 heterocycles. The van der Waals surface area contributed by atoms with E-state index in [0.717, 1.165) is 30.2 Å². The normalized spacial score (nSPS) is 17.8. The van der Waals surface area contributed by atoms with E-state index in [1.165, 1.54) is 12.8 Å². The molecule has 0 bridgehead atoms. The molecule has 0 aliphatic carbocycles. The second-order valence-electron chi connectivity index (χ2n) is 6.41. The minimum atomic E-state index is 0.634. The summed E-state index contributed by atoms with van der Waals surface area (Å²) in [7, 11) is 1.70. The van der Waals surface area contributed by atoms with E-state index in [0.29, 0.717) is 25.0 Å². The molecule has 0 radical (unpaired) electrons. The number of piperidine rings is 1. The van der Waals surface area contributed by atoms with E-state index < -0.39 is 0 Å². The summed E-state index contributed by atoms with van der Waals surface area (Å²) in [6.07, 6.45) is 2.52. The van der Waals surface area contributed by atoms with Gasteiger partial charge < -0.3 is 15.0 Å². The fourth-order valence-electron chi connectivity index (χ4n) is 3.09. The first-order chi connectivity index (χ1) is 11.8. The molecule has 1 N–H and O–H groups in total. The van der Waals surface area contributed by atoms with Crippen molar-refractivity contribution in [3.63, 3.8) is 0 Å². The molecule has 5 heteroatoms. The molecule has 3 rings (SSSR count). The fraction of sp³-hybridized carbons (Fsp3) is 0.474. The first-order valence-electron chi connectivity index (χ1n) is 8.68. The predicted octanol–water partition coefficient (Wildman–Crippen LogP) is 3.44. The van der Waals surface area contributed by atoms with Crippen molar-refractivity contribution in [3.05, 3.63) is 36.4 Å². The van der Waals surface area contributed by atoms with Crippen LogP contribution >= 0.6 is 0 Å². The minimum absolute atomic E-state index is 0.634. The lowest BCUT2D eigenvalue weighted by Gasteiger charge is -2.32. The molecule has 1 aliphatic heterocycles. The molecule has 0 spiro atoms. The summed E-state index contributed by atoms with van der Waals surface area (Å²) in [5.41, 5.74) is 2.07. The Hall–Kier alpha value is -2.14. The summed E-state index contributed by atoms with van der Waals surface area (Å²) in [5, 5.41) is 3.27. The van der Waals surface area contributed by atoms with Crippen molar-refractivity contribution in [1.29, 1.82) is 0 Å².